The van der Waals surface area contributed by atoms with Crippen LogP contribution in [0.3, 0.4) is 0 Å². The zero-order valence-electron chi connectivity index (χ0n) is 14.2. The maximum atomic E-state index is 13.3. The molecule has 3 nitrogen and oxygen atoms in total. The van der Waals surface area contributed by atoms with Gasteiger partial charge < -0.3 is 14.3 Å². The van der Waals surface area contributed by atoms with E-state index in [0.717, 1.165) is 17.6 Å². The van der Waals surface area contributed by atoms with Crippen molar-refractivity contribution in [1.29, 1.82) is 0 Å². The van der Waals surface area contributed by atoms with Gasteiger partial charge in [0.2, 0.25) is 0 Å². The molecule has 2 aromatic carbocycles. The number of para-hydroxylation sites is 2. The molecule has 0 amide bonds. The maximum Gasteiger partial charge on any atom is 0.165 e. The molecule has 2 aromatic rings. The monoisotopic (exact) mass is 320 g/mol. The standard InChI is InChI=1S/C14H13FO2.C3H6O.C2H6/c1-16-13-8-4-2-6-11(13)10-17-14-9-5-3-7-12(14)15;1-2-3-4;1-2/h2-9H,10H2,1H3;3H,2H2,1H3;1-2H3. The number of rotatable bonds is 5. The molecule has 0 saturated heterocycles. The second kappa shape index (κ2) is 13.3. The van der Waals surface area contributed by atoms with Crippen LogP contribution in [0.4, 0.5) is 4.39 Å². The van der Waals surface area contributed by atoms with Crippen molar-refractivity contribution in [3.63, 3.8) is 0 Å². The Balaban J connectivity index is 0.000000705. The fraction of sp³-hybridized carbons (Fsp3) is 0.316. The van der Waals surface area contributed by atoms with Crippen molar-refractivity contribution in [3.8, 4) is 11.5 Å². The maximum absolute atomic E-state index is 13.3. The van der Waals surface area contributed by atoms with Crippen LogP contribution in [0.15, 0.2) is 48.5 Å². The topological polar surface area (TPSA) is 35.5 Å². The molecular weight excluding hydrogens is 295 g/mol. The van der Waals surface area contributed by atoms with Crippen LogP contribution in [0.1, 0.15) is 32.8 Å². The third-order valence-corrected chi connectivity index (χ3v) is 2.58. The molecule has 2 rings (SSSR count). The van der Waals surface area contributed by atoms with Crippen LogP contribution >= 0.6 is 0 Å². The van der Waals surface area contributed by atoms with Gasteiger partial charge in [-0.15, -0.1) is 0 Å². The van der Waals surface area contributed by atoms with Gasteiger partial charge >= 0.3 is 0 Å². The lowest BCUT2D eigenvalue weighted by molar-refractivity contribution is -0.107. The van der Waals surface area contributed by atoms with Crippen molar-refractivity contribution in [3.05, 3.63) is 59.9 Å². The van der Waals surface area contributed by atoms with Crippen molar-refractivity contribution in [1.82, 2.24) is 0 Å². The Morgan fingerprint density at radius 1 is 1.00 bits per heavy atom. The predicted octanol–water partition coefficient (Wildman–Crippen LogP) is 5.03. The number of ether oxygens (including phenoxy) is 2. The average Bonchev–Trinajstić information content (AvgIpc) is 2.63. The highest BCUT2D eigenvalue weighted by atomic mass is 19.1. The summed E-state index contributed by atoms with van der Waals surface area (Å²) in [6, 6.07) is 13.8. The molecule has 0 spiro atoms. The number of hydrogen-bond donors (Lipinski definition) is 0. The Kier molecular flexibility index (Phi) is 11.9. The molecule has 4 heteroatoms. The summed E-state index contributed by atoms with van der Waals surface area (Å²) in [4.78, 5) is 9.17. The lowest BCUT2D eigenvalue weighted by atomic mass is 10.2. The van der Waals surface area contributed by atoms with Crippen molar-refractivity contribution in [2.45, 2.75) is 33.8 Å². The number of methoxy groups -OCH3 is 1. The Labute approximate surface area is 138 Å². The SMILES string of the molecule is CC.CCC=O.COc1ccccc1COc1ccccc1F. The summed E-state index contributed by atoms with van der Waals surface area (Å²) in [5.74, 6) is 0.629. The van der Waals surface area contributed by atoms with E-state index < -0.39 is 0 Å². The third-order valence-electron chi connectivity index (χ3n) is 2.58. The molecule has 0 heterocycles. The summed E-state index contributed by atoms with van der Waals surface area (Å²) in [5, 5.41) is 0. The minimum absolute atomic E-state index is 0.249. The number of halogens is 1. The largest absolute Gasteiger partial charge is 0.496 e. The lowest BCUT2D eigenvalue weighted by Crippen LogP contribution is -1.99. The average molecular weight is 320 g/mol. The van der Waals surface area contributed by atoms with E-state index in [9.17, 15) is 9.18 Å². The van der Waals surface area contributed by atoms with Crippen LogP contribution in [-0.2, 0) is 11.4 Å². The minimum atomic E-state index is -0.359. The molecule has 0 radical (unpaired) electrons. The summed E-state index contributed by atoms with van der Waals surface area (Å²) >= 11 is 0. The van der Waals surface area contributed by atoms with Gasteiger partial charge in [0.25, 0.3) is 0 Å². The molecule has 0 aliphatic rings. The lowest BCUT2D eigenvalue weighted by Gasteiger charge is -2.10. The molecule has 0 saturated carbocycles. The molecule has 0 aliphatic carbocycles. The van der Waals surface area contributed by atoms with E-state index in [2.05, 4.69) is 0 Å². The van der Waals surface area contributed by atoms with E-state index in [1.807, 2.05) is 45.0 Å². The second-order valence-corrected chi connectivity index (χ2v) is 4.11. The highest BCUT2D eigenvalue weighted by Gasteiger charge is 2.05. The third kappa shape index (κ3) is 8.00. The summed E-state index contributed by atoms with van der Waals surface area (Å²) < 4.78 is 23.9. The molecule has 23 heavy (non-hydrogen) atoms. The highest BCUT2D eigenvalue weighted by molar-refractivity contribution is 5.48. The van der Waals surface area contributed by atoms with Gasteiger partial charge in [0.15, 0.2) is 11.6 Å². The summed E-state index contributed by atoms with van der Waals surface area (Å²) in [6.45, 7) is 6.10. The predicted molar refractivity (Wildman–Crippen MR) is 91.4 cm³/mol. The van der Waals surface area contributed by atoms with Gasteiger partial charge in [-0.05, 0) is 18.2 Å². The van der Waals surface area contributed by atoms with Gasteiger partial charge in [-0.1, -0.05) is 51.1 Å². The van der Waals surface area contributed by atoms with Crippen LogP contribution in [-0.4, -0.2) is 13.4 Å². The summed E-state index contributed by atoms with van der Waals surface area (Å²) in [7, 11) is 1.60. The van der Waals surface area contributed by atoms with E-state index in [1.165, 1.54) is 6.07 Å². The van der Waals surface area contributed by atoms with Gasteiger partial charge in [-0.3, -0.25) is 0 Å². The molecule has 0 N–H and O–H groups in total. The fourth-order valence-electron chi connectivity index (χ4n) is 1.54. The van der Waals surface area contributed by atoms with E-state index in [1.54, 1.807) is 25.3 Å². The normalized spacial score (nSPS) is 8.74. The molecule has 0 aliphatic heterocycles. The van der Waals surface area contributed by atoms with E-state index in [0.29, 0.717) is 6.42 Å². The molecule has 0 unspecified atom stereocenters. The number of carbonyl (C=O) groups is 1. The van der Waals surface area contributed by atoms with Crippen LogP contribution < -0.4 is 9.47 Å². The van der Waals surface area contributed by atoms with Gasteiger partial charge in [-0.2, -0.15) is 0 Å². The van der Waals surface area contributed by atoms with Gasteiger partial charge in [0.1, 0.15) is 18.6 Å². The van der Waals surface area contributed by atoms with Crippen molar-refractivity contribution >= 4 is 6.29 Å². The first-order valence-electron chi connectivity index (χ1n) is 7.65. The Morgan fingerprint density at radius 2 is 1.52 bits per heavy atom. The van der Waals surface area contributed by atoms with E-state index in [-0.39, 0.29) is 18.2 Å². The minimum Gasteiger partial charge on any atom is -0.496 e. The molecule has 0 fully saturated rings. The van der Waals surface area contributed by atoms with Crippen molar-refractivity contribution in [2.75, 3.05) is 7.11 Å². The fourth-order valence-corrected chi connectivity index (χ4v) is 1.54. The number of benzene rings is 2. The van der Waals surface area contributed by atoms with Crippen molar-refractivity contribution < 1.29 is 18.7 Å². The van der Waals surface area contributed by atoms with Crippen LogP contribution in [0, 0.1) is 5.82 Å². The number of carbonyl (C=O) groups excluding carboxylic acids is 1. The van der Waals surface area contributed by atoms with Gasteiger partial charge in [-0.25, -0.2) is 4.39 Å². The molecule has 0 aromatic heterocycles. The Hall–Kier alpha value is -2.36. The Bertz CT molecular complexity index is 556. The highest BCUT2D eigenvalue weighted by Crippen LogP contribution is 2.21. The van der Waals surface area contributed by atoms with E-state index >= 15 is 0 Å². The quantitative estimate of drug-likeness (QED) is 0.724. The second-order valence-electron chi connectivity index (χ2n) is 4.11. The molecule has 0 bridgehead atoms. The zero-order valence-corrected chi connectivity index (χ0v) is 14.2. The first-order valence-corrected chi connectivity index (χ1v) is 7.65. The smallest absolute Gasteiger partial charge is 0.165 e. The summed E-state index contributed by atoms with van der Waals surface area (Å²) in [6.07, 6.45) is 1.51. The first-order chi connectivity index (χ1) is 11.2. The zero-order chi connectivity index (χ0) is 17.5. The van der Waals surface area contributed by atoms with Crippen LogP contribution in [0.2, 0.25) is 0 Å². The molecular formula is C19H25FO3. The molecule has 126 valence electrons. The Morgan fingerprint density at radius 3 is 2.04 bits per heavy atom. The number of aldehydes is 1. The number of hydrogen-bond acceptors (Lipinski definition) is 3. The summed E-state index contributed by atoms with van der Waals surface area (Å²) in [5.41, 5.74) is 0.887. The molecule has 0 atom stereocenters. The van der Waals surface area contributed by atoms with E-state index in [4.69, 9.17) is 9.47 Å². The van der Waals surface area contributed by atoms with Gasteiger partial charge in [0.05, 0.1) is 7.11 Å². The first kappa shape index (κ1) is 20.6. The van der Waals surface area contributed by atoms with Gasteiger partial charge in [0, 0.05) is 12.0 Å². The van der Waals surface area contributed by atoms with Crippen LogP contribution in [0.25, 0.3) is 0 Å². The van der Waals surface area contributed by atoms with Crippen LogP contribution in [0.5, 0.6) is 11.5 Å². The van der Waals surface area contributed by atoms with Crippen molar-refractivity contribution in [2.24, 2.45) is 0 Å².